The van der Waals surface area contributed by atoms with Crippen molar-refractivity contribution < 1.29 is 0 Å². The molecule has 0 radical (unpaired) electrons. The van der Waals surface area contributed by atoms with Gasteiger partial charge >= 0.3 is 0 Å². The molecule has 0 unspecified atom stereocenters. The Morgan fingerprint density at radius 3 is 1.76 bits per heavy atom. The Balaban J connectivity index is 1.44. The third-order valence-electron chi connectivity index (χ3n) is 8.63. The molecule has 0 aliphatic heterocycles. The lowest BCUT2D eigenvalue weighted by atomic mass is 9.92. The molecule has 1 nitrogen and oxygen atoms in total. The first kappa shape index (κ1) is 26.7. The van der Waals surface area contributed by atoms with Gasteiger partial charge in [-0.2, -0.15) is 0 Å². The molecule has 0 atom stereocenters. The molecule has 0 bridgehead atoms. The van der Waals surface area contributed by atoms with Gasteiger partial charge in [-0.3, -0.25) is 0 Å². The Morgan fingerprint density at radius 1 is 0.311 bits per heavy atom. The number of hydrogen-bond acceptors (Lipinski definition) is 1. The van der Waals surface area contributed by atoms with E-state index in [0.717, 1.165) is 17.1 Å². The van der Waals surface area contributed by atoms with E-state index < -0.39 is 0 Å². The fraction of sp³-hybridized carbons (Fsp3) is 0. The van der Waals surface area contributed by atoms with Crippen molar-refractivity contribution in [3.05, 3.63) is 188 Å². The normalized spacial score (nSPS) is 11.1. The van der Waals surface area contributed by atoms with E-state index >= 15 is 0 Å². The van der Waals surface area contributed by atoms with E-state index in [1.807, 2.05) is 0 Å². The highest BCUT2D eigenvalue weighted by Gasteiger charge is 2.22. The van der Waals surface area contributed by atoms with E-state index in [-0.39, 0.29) is 0 Å². The van der Waals surface area contributed by atoms with Gasteiger partial charge in [0, 0.05) is 16.8 Å². The third-order valence-corrected chi connectivity index (χ3v) is 8.63. The number of benzene rings is 8. The van der Waals surface area contributed by atoms with Gasteiger partial charge in [-0.25, -0.2) is 0 Å². The molecule has 1 heteroatoms. The first-order valence-corrected chi connectivity index (χ1v) is 15.4. The molecule has 45 heavy (non-hydrogen) atoms. The van der Waals surface area contributed by atoms with Gasteiger partial charge < -0.3 is 4.90 Å². The zero-order valence-corrected chi connectivity index (χ0v) is 24.8. The van der Waals surface area contributed by atoms with Crippen LogP contribution in [0.15, 0.2) is 188 Å². The Kier molecular flexibility index (Phi) is 6.90. The average Bonchev–Trinajstić information content (AvgIpc) is 3.12. The monoisotopic (exact) mass is 573 g/mol. The summed E-state index contributed by atoms with van der Waals surface area (Å²) in [5.41, 5.74) is 10.5. The van der Waals surface area contributed by atoms with E-state index in [1.54, 1.807) is 0 Å². The second-order valence-electron chi connectivity index (χ2n) is 11.4. The lowest BCUT2D eigenvalue weighted by Gasteiger charge is -2.31. The molecule has 8 rings (SSSR count). The molecule has 0 N–H and O–H groups in total. The van der Waals surface area contributed by atoms with E-state index in [2.05, 4.69) is 193 Å². The van der Waals surface area contributed by atoms with Crippen molar-refractivity contribution in [1.29, 1.82) is 0 Å². The van der Waals surface area contributed by atoms with Crippen LogP contribution in [-0.2, 0) is 0 Å². The Morgan fingerprint density at radius 2 is 0.933 bits per heavy atom. The minimum Gasteiger partial charge on any atom is -0.309 e. The van der Waals surface area contributed by atoms with Gasteiger partial charge in [-0.05, 0) is 74.1 Å². The van der Waals surface area contributed by atoms with Crippen LogP contribution in [0, 0.1) is 0 Å². The number of anilines is 3. The maximum absolute atomic E-state index is 2.45. The molecular formula is C44H31N. The fourth-order valence-corrected chi connectivity index (χ4v) is 6.49. The zero-order chi connectivity index (χ0) is 30.0. The summed E-state index contributed by atoms with van der Waals surface area (Å²) in [5, 5.41) is 4.92. The van der Waals surface area contributed by atoms with Crippen molar-refractivity contribution in [3.63, 3.8) is 0 Å². The number of fused-ring (bicyclic) bond motifs is 2. The van der Waals surface area contributed by atoms with Crippen molar-refractivity contribution in [2.75, 3.05) is 4.90 Å². The summed E-state index contributed by atoms with van der Waals surface area (Å²) < 4.78 is 0. The zero-order valence-electron chi connectivity index (χ0n) is 24.8. The second-order valence-corrected chi connectivity index (χ2v) is 11.4. The number of rotatable bonds is 6. The van der Waals surface area contributed by atoms with Crippen LogP contribution in [0.3, 0.4) is 0 Å². The van der Waals surface area contributed by atoms with Gasteiger partial charge in [0.05, 0.1) is 11.4 Å². The molecule has 0 amide bonds. The average molecular weight is 574 g/mol. The van der Waals surface area contributed by atoms with Gasteiger partial charge in [0.1, 0.15) is 0 Å². The van der Waals surface area contributed by atoms with Gasteiger partial charge in [0.25, 0.3) is 0 Å². The van der Waals surface area contributed by atoms with E-state index in [1.165, 1.54) is 54.9 Å². The summed E-state index contributed by atoms with van der Waals surface area (Å²) in [6.45, 7) is 0. The minimum absolute atomic E-state index is 1.11. The molecule has 0 spiro atoms. The summed E-state index contributed by atoms with van der Waals surface area (Å²) in [6, 6.07) is 67.8. The molecular weight excluding hydrogens is 542 g/mol. The quantitative estimate of drug-likeness (QED) is 0.191. The largest absolute Gasteiger partial charge is 0.309 e. The highest BCUT2D eigenvalue weighted by Crippen LogP contribution is 2.47. The predicted molar refractivity (Wildman–Crippen MR) is 192 cm³/mol. The number of nitrogens with zero attached hydrogens (tertiary/aromatic N) is 1. The van der Waals surface area contributed by atoms with E-state index in [9.17, 15) is 0 Å². The van der Waals surface area contributed by atoms with Crippen molar-refractivity contribution in [2.24, 2.45) is 0 Å². The smallest absolute Gasteiger partial charge is 0.0546 e. The molecule has 8 aromatic carbocycles. The molecule has 0 aromatic heterocycles. The lowest BCUT2D eigenvalue weighted by molar-refractivity contribution is 1.29. The Hall–Kier alpha value is -5.92. The molecule has 212 valence electrons. The van der Waals surface area contributed by atoms with E-state index in [4.69, 9.17) is 0 Å². The minimum atomic E-state index is 1.11. The highest BCUT2D eigenvalue weighted by atomic mass is 15.1. The summed E-state index contributed by atoms with van der Waals surface area (Å²) in [6.07, 6.45) is 0. The van der Waals surface area contributed by atoms with Crippen LogP contribution in [0.1, 0.15) is 0 Å². The maximum Gasteiger partial charge on any atom is 0.0546 e. The molecule has 8 aromatic rings. The lowest BCUT2D eigenvalue weighted by Crippen LogP contribution is -2.13. The molecule has 0 saturated carbocycles. The molecule has 0 fully saturated rings. The van der Waals surface area contributed by atoms with Crippen LogP contribution in [0.4, 0.5) is 17.1 Å². The van der Waals surface area contributed by atoms with Crippen molar-refractivity contribution in [2.45, 2.75) is 0 Å². The maximum atomic E-state index is 2.45. The fourth-order valence-electron chi connectivity index (χ4n) is 6.49. The standard InChI is InChI=1S/C44H31N/c1-3-14-32(15-4-1)37-21-13-22-39(31-37)45(42-25-12-11-23-40(42)34-17-5-2-6-18-34)43-29-28-35-19-9-10-24-41(35)44(43)38-27-26-33-16-7-8-20-36(33)30-38/h1-31H. The predicted octanol–water partition coefficient (Wildman–Crippen LogP) is 12.5. The molecule has 0 aliphatic rings. The summed E-state index contributed by atoms with van der Waals surface area (Å²) in [4.78, 5) is 2.45. The van der Waals surface area contributed by atoms with Gasteiger partial charge in [-0.1, -0.05) is 158 Å². The second kappa shape index (κ2) is 11.6. The van der Waals surface area contributed by atoms with Crippen LogP contribution >= 0.6 is 0 Å². The SMILES string of the molecule is c1ccc(-c2cccc(N(c3ccccc3-c3ccccc3)c3ccc4ccccc4c3-c3ccc4ccccc4c3)c2)cc1. The Bertz CT molecular complexity index is 2270. The summed E-state index contributed by atoms with van der Waals surface area (Å²) >= 11 is 0. The molecule has 0 aliphatic carbocycles. The summed E-state index contributed by atoms with van der Waals surface area (Å²) in [7, 11) is 0. The van der Waals surface area contributed by atoms with Gasteiger partial charge in [0.2, 0.25) is 0 Å². The Labute approximate surface area is 264 Å². The highest BCUT2D eigenvalue weighted by molar-refractivity contribution is 6.07. The van der Waals surface area contributed by atoms with Crippen LogP contribution in [0.2, 0.25) is 0 Å². The van der Waals surface area contributed by atoms with Crippen LogP contribution in [0.5, 0.6) is 0 Å². The molecule has 0 saturated heterocycles. The van der Waals surface area contributed by atoms with Gasteiger partial charge in [0.15, 0.2) is 0 Å². The number of hydrogen-bond donors (Lipinski definition) is 0. The van der Waals surface area contributed by atoms with Crippen molar-refractivity contribution in [1.82, 2.24) is 0 Å². The van der Waals surface area contributed by atoms with Gasteiger partial charge in [-0.15, -0.1) is 0 Å². The third kappa shape index (κ3) is 5.05. The van der Waals surface area contributed by atoms with Crippen LogP contribution in [0.25, 0.3) is 54.9 Å². The van der Waals surface area contributed by atoms with Crippen molar-refractivity contribution in [3.8, 4) is 33.4 Å². The van der Waals surface area contributed by atoms with Crippen LogP contribution < -0.4 is 4.90 Å². The van der Waals surface area contributed by atoms with E-state index in [0.29, 0.717) is 0 Å². The van der Waals surface area contributed by atoms with Crippen LogP contribution in [-0.4, -0.2) is 0 Å². The molecule has 0 heterocycles. The first-order valence-electron chi connectivity index (χ1n) is 15.4. The topological polar surface area (TPSA) is 3.24 Å². The van der Waals surface area contributed by atoms with Crippen molar-refractivity contribution >= 4 is 38.6 Å². The summed E-state index contributed by atoms with van der Waals surface area (Å²) in [5.74, 6) is 0. The first-order chi connectivity index (χ1) is 22.3. The number of para-hydroxylation sites is 1.